The Balaban J connectivity index is 1.81. The third-order valence-electron chi connectivity index (χ3n) is 6.30. The highest BCUT2D eigenvalue weighted by Crippen LogP contribution is 2.48. The highest BCUT2D eigenvalue weighted by atomic mass is 15.3. The van der Waals surface area contributed by atoms with Gasteiger partial charge in [0.15, 0.2) is 0 Å². The Hall–Kier alpha value is -0.0800. The van der Waals surface area contributed by atoms with Crippen LogP contribution in [0.25, 0.3) is 0 Å². The number of nitrogens with two attached hydrogens (primary N) is 1. The summed E-state index contributed by atoms with van der Waals surface area (Å²) in [6.07, 6.45) is 12.7. The monoisotopic (exact) mass is 264 g/mol. The number of hydrogen-bond acceptors (Lipinski definition) is 2. The molecule has 110 valence electrons. The van der Waals surface area contributed by atoms with E-state index in [1.807, 2.05) is 0 Å². The minimum absolute atomic E-state index is 0.332. The fourth-order valence-electron chi connectivity index (χ4n) is 5.50. The van der Waals surface area contributed by atoms with Crippen molar-refractivity contribution in [2.45, 2.75) is 83.2 Å². The van der Waals surface area contributed by atoms with Crippen molar-refractivity contribution in [2.24, 2.45) is 17.1 Å². The quantitative estimate of drug-likeness (QED) is 0.826. The van der Waals surface area contributed by atoms with Crippen molar-refractivity contribution < 1.29 is 0 Å². The molecule has 3 fully saturated rings. The molecule has 0 amide bonds. The van der Waals surface area contributed by atoms with Crippen LogP contribution in [0.3, 0.4) is 0 Å². The Kier molecular flexibility index (Phi) is 3.68. The van der Waals surface area contributed by atoms with Gasteiger partial charge >= 0.3 is 0 Å². The smallest absolute Gasteiger partial charge is 0.0339 e. The second-order valence-electron chi connectivity index (χ2n) is 8.22. The molecule has 1 heterocycles. The summed E-state index contributed by atoms with van der Waals surface area (Å²) in [7, 11) is 0. The van der Waals surface area contributed by atoms with E-state index in [9.17, 15) is 0 Å². The van der Waals surface area contributed by atoms with Crippen molar-refractivity contribution in [3.63, 3.8) is 0 Å². The van der Waals surface area contributed by atoms with E-state index in [4.69, 9.17) is 5.73 Å². The number of nitrogens with zero attached hydrogens (tertiary/aromatic N) is 1. The zero-order valence-electron chi connectivity index (χ0n) is 13.0. The molecule has 1 aliphatic heterocycles. The number of rotatable bonds is 2. The summed E-state index contributed by atoms with van der Waals surface area (Å²) in [5.74, 6) is 0.988. The summed E-state index contributed by atoms with van der Waals surface area (Å²) in [5.41, 5.74) is 7.14. The van der Waals surface area contributed by atoms with Crippen molar-refractivity contribution >= 4 is 0 Å². The summed E-state index contributed by atoms with van der Waals surface area (Å²) in [5, 5.41) is 0. The van der Waals surface area contributed by atoms with Gasteiger partial charge in [-0.15, -0.1) is 0 Å². The molecule has 0 radical (unpaired) electrons. The van der Waals surface area contributed by atoms with Gasteiger partial charge in [0.05, 0.1) is 0 Å². The Morgan fingerprint density at radius 2 is 1.84 bits per heavy atom. The molecular weight excluding hydrogens is 232 g/mol. The van der Waals surface area contributed by atoms with Crippen molar-refractivity contribution in [3.8, 4) is 0 Å². The maximum absolute atomic E-state index is 6.32. The molecule has 2 aliphatic carbocycles. The predicted octanol–water partition coefficient (Wildman–Crippen LogP) is 3.55. The lowest BCUT2D eigenvalue weighted by molar-refractivity contribution is -0.0113. The first-order valence-electron chi connectivity index (χ1n) is 8.53. The maximum Gasteiger partial charge on any atom is 0.0339 e. The van der Waals surface area contributed by atoms with Crippen molar-refractivity contribution in [1.82, 2.24) is 4.90 Å². The van der Waals surface area contributed by atoms with E-state index >= 15 is 0 Å². The Morgan fingerprint density at radius 3 is 2.58 bits per heavy atom. The van der Waals surface area contributed by atoms with Gasteiger partial charge in [-0.25, -0.2) is 0 Å². The van der Waals surface area contributed by atoms with E-state index in [2.05, 4.69) is 18.7 Å². The summed E-state index contributed by atoms with van der Waals surface area (Å²) >= 11 is 0. The van der Waals surface area contributed by atoms with E-state index < -0.39 is 0 Å². The van der Waals surface area contributed by atoms with Crippen molar-refractivity contribution in [3.05, 3.63) is 0 Å². The first kappa shape index (κ1) is 13.9. The predicted molar refractivity (Wildman–Crippen MR) is 81.1 cm³/mol. The van der Waals surface area contributed by atoms with E-state index in [0.717, 1.165) is 18.5 Å². The van der Waals surface area contributed by atoms with Crippen LogP contribution in [-0.4, -0.2) is 29.6 Å². The van der Waals surface area contributed by atoms with Gasteiger partial charge in [-0.2, -0.15) is 0 Å². The van der Waals surface area contributed by atoms with Crippen molar-refractivity contribution in [2.75, 3.05) is 13.1 Å². The lowest BCUT2D eigenvalue weighted by Gasteiger charge is -2.52. The van der Waals surface area contributed by atoms with Gasteiger partial charge in [0, 0.05) is 18.1 Å². The first-order valence-corrected chi connectivity index (χ1v) is 8.53. The molecule has 1 saturated heterocycles. The lowest BCUT2D eigenvalue weighted by atomic mass is 9.67. The Morgan fingerprint density at radius 1 is 1.05 bits per heavy atom. The highest BCUT2D eigenvalue weighted by Gasteiger charge is 2.49. The third-order valence-corrected chi connectivity index (χ3v) is 6.30. The molecule has 0 aromatic carbocycles. The van der Waals surface area contributed by atoms with Gasteiger partial charge in [0.2, 0.25) is 0 Å². The minimum Gasteiger partial charge on any atom is -0.329 e. The summed E-state index contributed by atoms with van der Waals surface area (Å²) in [4.78, 5) is 2.89. The zero-order chi connectivity index (χ0) is 13.5. The van der Waals surface area contributed by atoms with Gasteiger partial charge in [0.1, 0.15) is 0 Å². The average molecular weight is 264 g/mol. The molecule has 3 aliphatic rings. The van der Waals surface area contributed by atoms with E-state index in [-0.39, 0.29) is 0 Å². The molecule has 0 spiro atoms. The molecule has 19 heavy (non-hydrogen) atoms. The molecule has 2 N–H and O–H groups in total. The fourth-order valence-corrected chi connectivity index (χ4v) is 5.50. The molecular formula is C17H32N2. The largest absolute Gasteiger partial charge is 0.329 e. The zero-order valence-corrected chi connectivity index (χ0v) is 13.0. The molecule has 0 aromatic rings. The fraction of sp³-hybridized carbons (Fsp3) is 1.00. The third kappa shape index (κ3) is 2.47. The van der Waals surface area contributed by atoms with Crippen LogP contribution in [0, 0.1) is 11.3 Å². The number of hydrogen-bond donors (Lipinski definition) is 1. The van der Waals surface area contributed by atoms with Gasteiger partial charge in [-0.3, -0.25) is 4.90 Å². The molecule has 2 saturated carbocycles. The van der Waals surface area contributed by atoms with Crippen LogP contribution in [-0.2, 0) is 0 Å². The SMILES string of the molecule is CC1(C)CCCC(CN)(N2CCC3CCCCC32)C1. The minimum atomic E-state index is 0.332. The molecule has 3 rings (SSSR count). The van der Waals surface area contributed by atoms with E-state index in [0.29, 0.717) is 11.0 Å². The average Bonchev–Trinajstić information content (AvgIpc) is 2.81. The van der Waals surface area contributed by atoms with E-state index in [1.165, 1.54) is 64.3 Å². The molecule has 2 nitrogen and oxygen atoms in total. The normalized spacial score (nSPS) is 43.1. The van der Waals surface area contributed by atoms with Crippen LogP contribution in [0.5, 0.6) is 0 Å². The van der Waals surface area contributed by atoms with Crippen LogP contribution < -0.4 is 5.73 Å². The lowest BCUT2D eigenvalue weighted by Crippen LogP contribution is -2.59. The van der Waals surface area contributed by atoms with Gasteiger partial charge in [-0.1, -0.05) is 33.1 Å². The van der Waals surface area contributed by atoms with Gasteiger partial charge < -0.3 is 5.73 Å². The standard InChI is InChI=1S/C17H32N2/c1-16(2)9-5-10-17(12-16,13-18)19-11-8-14-6-3-4-7-15(14)19/h14-15H,3-13,18H2,1-2H3. The summed E-state index contributed by atoms with van der Waals surface area (Å²) in [6.45, 7) is 7.10. The summed E-state index contributed by atoms with van der Waals surface area (Å²) < 4.78 is 0. The highest BCUT2D eigenvalue weighted by molar-refractivity contribution is 5.05. The van der Waals surface area contributed by atoms with Crippen LogP contribution in [0.2, 0.25) is 0 Å². The topological polar surface area (TPSA) is 29.3 Å². The molecule has 0 bridgehead atoms. The summed E-state index contributed by atoms with van der Waals surface area (Å²) in [6, 6.07) is 0.867. The molecule has 3 unspecified atom stereocenters. The first-order chi connectivity index (χ1) is 9.06. The van der Waals surface area contributed by atoms with Gasteiger partial charge in [0.25, 0.3) is 0 Å². The molecule has 3 atom stereocenters. The van der Waals surface area contributed by atoms with Crippen LogP contribution >= 0.6 is 0 Å². The number of likely N-dealkylation sites (tertiary alicyclic amines) is 1. The van der Waals surface area contributed by atoms with Crippen molar-refractivity contribution in [1.29, 1.82) is 0 Å². The van der Waals surface area contributed by atoms with E-state index in [1.54, 1.807) is 0 Å². The Labute approximate surface area is 119 Å². The maximum atomic E-state index is 6.32. The second kappa shape index (κ2) is 5.04. The van der Waals surface area contributed by atoms with Crippen LogP contribution in [0.4, 0.5) is 0 Å². The second-order valence-corrected chi connectivity index (χ2v) is 8.22. The number of fused-ring (bicyclic) bond motifs is 1. The van der Waals surface area contributed by atoms with Crippen LogP contribution in [0.1, 0.15) is 71.6 Å². The molecule has 0 aromatic heterocycles. The van der Waals surface area contributed by atoms with Gasteiger partial charge in [-0.05, 0) is 56.4 Å². The Bertz CT molecular complexity index is 325. The van der Waals surface area contributed by atoms with Crippen LogP contribution in [0.15, 0.2) is 0 Å². The molecule has 2 heteroatoms.